The van der Waals surface area contributed by atoms with Crippen molar-refractivity contribution in [1.29, 1.82) is 0 Å². The minimum atomic E-state index is -0.0671. The fraction of sp³-hybridized carbons (Fsp3) is 0.600. The average molecular weight is 504 g/mol. The molecule has 0 aromatic heterocycles. The van der Waals surface area contributed by atoms with Crippen molar-refractivity contribution in [3.63, 3.8) is 0 Å². The van der Waals surface area contributed by atoms with Crippen LogP contribution in [0.2, 0.25) is 0 Å². The maximum atomic E-state index is 11.1. The van der Waals surface area contributed by atoms with Crippen molar-refractivity contribution in [2.75, 3.05) is 44.8 Å². The zero-order valence-corrected chi connectivity index (χ0v) is 19.1. The quantitative estimate of drug-likeness (QED) is 0.235. The number of rotatable bonds is 9. The van der Waals surface area contributed by atoms with Crippen LogP contribution in [0.15, 0.2) is 29.3 Å². The number of nitrogens with one attached hydrogen (secondary N) is 3. The van der Waals surface area contributed by atoms with Crippen molar-refractivity contribution in [2.45, 2.75) is 33.1 Å². The van der Waals surface area contributed by atoms with E-state index in [1.165, 1.54) is 12.5 Å². The number of hydrogen-bond donors (Lipinski definition) is 4. The minimum absolute atomic E-state index is 0. The van der Waals surface area contributed by atoms with Gasteiger partial charge in [-0.3, -0.25) is 9.79 Å². The van der Waals surface area contributed by atoms with Crippen molar-refractivity contribution in [3.05, 3.63) is 29.8 Å². The van der Waals surface area contributed by atoms with Gasteiger partial charge in [0.1, 0.15) is 0 Å². The smallest absolute Gasteiger partial charge is 0.221 e. The molecule has 0 bridgehead atoms. The van der Waals surface area contributed by atoms with Crippen LogP contribution >= 0.6 is 24.0 Å². The normalized spacial score (nSPS) is 19.0. The van der Waals surface area contributed by atoms with Gasteiger partial charge in [-0.15, -0.1) is 24.0 Å². The molecule has 4 N–H and O–H groups in total. The second kappa shape index (κ2) is 12.9. The summed E-state index contributed by atoms with van der Waals surface area (Å²) < 4.78 is 5.53. The molecule has 1 amide bonds. The summed E-state index contributed by atoms with van der Waals surface area (Å²) in [6, 6.07) is 7.86. The van der Waals surface area contributed by atoms with E-state index in [4.69, 9.17) is 9.73 Å². The first-order valence-electron chi connectivity index (χ1n) is 9.64. The number of guanidine groups is 1. The van der Waals surface area contributed by atoms with Crippen LogP contribution in [0, 0.1) is 5.41 Å². The molecule has 1 atom stereocenters. The highest BCUT2D eigenvalue weighted by atomic mass is 127. The van der Waals surface area contributed by atoms with Crippen LogP contribution in [0.1, 0.15) is 32.3 Å². The molecule has 0 saturated carbocycles. The Balaban J connectivity index is 0.00000392. The van der Waals surface area contributed by atoms with E-state index in [-0.39, 0.29) is 41.9 Å². The Hall–Kier alpha value is -1.39. The van der Waals surface area contributed by atoms with E-state index in [9.17, 15) is 9.90 Å². The molecule has 1 heterocycles. The summed E-state index contributed by atoms with van der Waals surface area (Å²) in [6.07, 6.45) is 2.52. The Bertz CT molecular complexity index is 616. The summed E-state index contributed by atoms with van der Waals surface area (Å²) in [4.78, 5) is 15.8. The number of ether oxygens (including phenoxy) is 1. The van der Waals surface area contributed by atoms with Crippen LogP contribution in [-0.2, 0) is 16.0 Å². The number of carbonyl (C=O) groups is 1. The predicted octanol–water partition coefficient (Wildman–Crippen LogP) is 2.15. The van der Waals surface area contributed by atoms with Crippen molar-refractivity contribution in [1.82, 2.24) is 10.6 Å². The molecule has 1 aliphatic rings. The molecular weight excluding hydrogens is 471 g/mol. The van der Waals surface area contributed by atoms with E-state index >= 15 is 0 Å². The van der Waals surface area contributed by atoms with Crippen molar-refractivity contribution in [3.8, 4) is 0 Å². The Morgan fingerprint density at radius 1 is 1.29 bits per heavy atom. The number of anilines is 1. The van der Waals surface area contributed by atoms with Crippen LogP contribution in [0.25, 0.3) is 0 Å². The lowest BCUT2D eigenvalue weighted by Crippen LogP contribution is -2.39. The third kappa shape index (κ3) is 8.32. The molecular formula is C20H33IN4O3. The lowest BCUT2D eigenvalue weighted by molar-refractivity contribution is -0.114. The fourth-order valence-corrected chi connectivity index (χ4v) is 3.16. The third-order valence-electron chi connectivity index (χ3n) is 4.72. The summed E-state index contributed by atoms with van der Waals surface area (Å²) in [5.41, 5.74) is 1.95. The molecule has 1 aliphatic heterocycles. The number of hydrogen-bond acceptors (Lipinski definition) is 4. The van der Waals surface area contributed by atoms with Gasteiger partial charge in [-0.2, -0.15) is 0 Å². The van der Waals surface area contributed by atoms with Gasteiger partial charge in [-0.25, -0.2) is 0 Å². The summed E-state index contributed by atoms with van der Waals surface area (Å²) >= 11 is 0. The SMILES string of the molecule is CCNC(=NCC1(CCO)CCOC1)NCCc1ccc(NC(C)=O)cc1.I. The van der Waals surface area contributed by atoms with Crippen LogP contribution < -0.4 is 16.0 Å². The van der Waals surface area contributed by atoms with Crippen molar-refractivity contribution >= 4 is 41.5 Å². The summed E-state index contributed by atoms with van der Waals surface area (Å²) in [5.74, 6) is 0.721. The second-order valence-electron chi connectivity index (χ2n) is 7.03. The monoisotopic (exact) mass is 504 g/mol. The zero-order valence-electron chi connectivity index (χ0n) is 16.8. The molecule has 8 heteroatoms. The molecule has 28 heavy (non-hydrogen) atoms. The van der Waals surface area contributed by atoms with Gasteiger partial charge >= 0.3 is 0 Å². The minimum Gasteiger partial charge on any atom is -0.396 e. The summed E-state index contributed by atoms with van der Waals surface area (Å²) in [6.45, 7) is 7.31. The van der Waals surface area contributed by atoms with E-state index in [1.54, 1.807) is 0 Å². The van der Waals surface area contributed by atoms with Crippen LogP contribution in [-0.4, -0.2) is 56.4 Å². The van der Waals surface area contributed by atoms with Crippen LogP contribution in [0.5, 0.6) is 0 Å². The molecule has 7 nitrogen and oxygen atoms in total. The lowest BCUT2D eigenvalue weighted by atomic mass is 9.84. The molecule has 2 rings (SSSR count). The maximum Gasteiger partial charge on any atom is 0.221 e. The van der Waals surface area contributed by atoms with E-state index in [0.717, 1.165) is 50.6 Å². The highest BCUT2D eigenvalue weighted by Crippen LogP contribution is 2.32. The number of amides is 1. The Morgan fingerprint density at radius 3 is 2.61 bits per heavy atom. The zero-order chi connectivity index (χ0) is 19.5. The lowest BCUT2D eigenvalue weighted by Gasteiger charge is -2.24. The van der Waals surface area contributed by atoms with Crippen molar-refractivity contribution < 1.29 is 14.6 Å². The molecule has 1 aromatic rings. The fourth-order valence-electron chi connectivity index (χ4n) is 3.16. The number of aliphatic imine (C=N–C) groups is 1. The first-order valence-corrected chi connectivity index (χ1v) is 9.64. The molecule has 1 unspecified atom stereocenters. The topological polar surface area (TPSA) is 95.0 Å². The maximum absolute atomic E-state index is 11.1. The molecule has 0 aliphatic carbocycles. The number of nitrogens with zero attached hydrogens (tertiary/aromatic N) is 1. The Kier molecular flexibility index (Phi) is 11.4. The molecule has 0 radical (unpaired) electrons. The summed E-state index contributed by atoms with van der Waals surface area (Å²) in [7, 11) is 0. The molecule has 1 aromatic carbocycles. The van der Waals surface area contributed by atoms with Gasteiger partial charge in [0.15, 0.2) is 5.96 Å². The van der Waals surface area contributed by atoms with E-state index in [2.05, 4.69) is 16.0 Å². The van der Waals surface area contributed by atoms with Gasteiger partial charge in [0, 0.05) is 44.3 Å². The van der Waals surface area contributed by atoms with Gasteiger partial charge in [0.2, 0.25) is 5.91 Å². The van der Waals surface area contributed by atoms with Crippen LogP contribution in [0.3, 0.4) is 0 Å². The van der Waals surface area contributed by atoms with Crippen LogP contribution in [0.4, 0.5) is 5.69 Å². The van der Waals surface area contributed by atoms with Gasteiger partial charge in [0.05, 0.1) is 13.2 Å². The van der Waals surface area contributed by atoms with E-state index in [1.807, 2.05) is 31.2 Å². The molecule has 0 spiro atoms. The largest absolute Gasteiger partial charge is 0.396 e. The second-order valence-corrected chi connectivity index (χ2v) is 7.03. The number of halogens is 1. The predicted molar refractivity (Wildman–Crippen MR) is 123 cm³/mol. The first-order chi connectivity index (χ1) is 13.1. The highest BCUT2D eigenvalue weighted by molar-refractivity contribution is 14.0. The van der Waals surface area contributed by atoms with E-state index in [0.29, 0.717) is 13.2 Å². The molecule has 158 valence electrons. The first kappa shape index (κ1) is 24.6. The number of aliphatic hydroxyl groups is 1. The van der Waals surface area contributed by atoms with Gasteiger partial charge in [-0.05, 0) is 43.9 Å². The Morgan fingerprint density at radius 2 is 2.04 bits per heavy atom. The number of aliphatic hydroxyl groups excluding tert-OH is 1. The van der Waals surface area contributed by atoms with Gasteiger partial charge in [0.25, 0.3) is 0 Å². The van der Waals surface area contributed by atoms with Gasteiger partial charge < -0.3 is 25.8 Å². The number of benzene rings is 1. The molecule has 1 saturated heterocycles. The van der Waals surface area contributed by atoms with E-state index < -0.39 is 0 Å². The van der Waals surface area contributed by atoms with Gasteiger partial charge in [-0.1, -0.05) is 12.1 Å². The third-order valence-corrected chi connectivity index (χ3v) is 4.72. The van der Waals surface area contributed by atoms with Crippen molar-refractivity contribution in [2.24, 2.45) is 10.4 Å². The summed E-state index contributed by atoms with van der Waals surface area (Å²) in [5, 5.41) is 18.7. The standard InChI is InChI=1S/C20H32N4O3.HI/c1-3-21-19(23-14-20(9-12-25)10-13-27-15-20)22-11-8-17-4-6-18(7-5-17)24-16(2)26;/h4-7,25H,3,8-15H2,1-2H3,(H,24,26)(H2,21,22,23);1H. The number of carbonyl (C=O) groups excluding carboxylic acids is 1. The average Bonchev–Trinajstić information content (AvgIpc) is 3.10. The Labute approximate surface area is 184 Å². The molecule has 1 fully saturated rings. The highest BCUT2D eigenvalue weighted by Gasteiger charge is 2.34.